The summed E-state index contributed by atoms with van der Waals surface area (Å²) >= 11 is 1.28. The highest BCUT2D eigenvalue weighted by Crippen LogP contribution is 2.42. The number of nitrogens with one attached hydrogen (secondary N) is 1. The Labute approximate surface area is 103 Å². The molecule has 1 aliphatic heterocycles. The predicted molar refractivity (Wildman–Crippen MR) is 64.4 cm³/mol. The number of aromatic hydroxyl groups is 1. The van der Waals surface area contributed by atoms with E-state index in [0.29, 0.717) is 17.9 Å². The molecule has 1 heterocycles. The SMILES string of the molecule is COc1cccc([C@@H]2NC[C@@H](C(=O)O)S2)c1O. The van der Waals surface area contributed by atoms with E-state index in [1.54, 1.807) is 18.2 Å². The Morgan fingerprint density at radius 1 is 1.59 bits per heavy atom. The fourth-order valence-corrected chi connectivity index (χ4v) is 2.89. The van der Waals surface area contributed by atoms with Crippen molar-refractivity contribution in [2.75, 3.05) is 13.7 Å². The van der Waals surface area contributed by atoms with Crippen molar-refractivity contribution in [2.45, 2.75) is 10.6 Å². The van der Waals surface area contributed by atoms with Crippen molar-refractivity contribution in [3.05, 3.63) is 23.8 Å². The molecule has 1 fully saturated rings. The van der Waals surface area contributed by atoms with Crippen LogP contribution in [0.2, 0.25) is 0 Å². The van der Waals surface area contributed by atoms with E-state index in [9.17, 15) is 9.90 Å². The van der Waals surface area contributed by atoms with Gasteiger partial charge < -0.3 is 14.9 Å². The monoisotopic (exact) mass is 255 g/mol. The molecule has 0 saturated carbocycles. The molecule has 0 aliphatic carbocycles. The largest absolute Gasteiger partial charge is 0.504 e. The summed E-state index contributed by atoms with van der Waals surface area (Å²) in [6, 6.07) is 5.18. The van der Waals surface area contributed by atoms with Gasteiger partial charge in [-0.05, 0) is 6.07 Å². The minimum Gasteiger partial charge on any atom is -0.504 e. The summed E-state index contributed by atoms with van der Waals surface area (Å²) in [6.45, 7) is 0.390. The summed E-state index contributed by atoms with van der Waals surface area (Å²) in [5.74, 6) is -0.387. The highest BCUT2D eigenvalue weighted by atomic mass is 32.2. The van der Waals surface area contributed by atoms with Gasteiger partial charge in [0.1, 0.15) is 5.25 Å². The van der Waals surface area contributed by atoms with Crippen molar-refractivity contribution < 1.29 is 19.7 Å². The van der Waals surface area contributed by atoms with Gasteiger partial charge in [-0.2, -0.15) is 0 Å². The van der Waals surface area contributed by atoms with Gasteiger partial charge in [-0.15, -0.1) is 11.8 Å². The molecule has 2 rings (SSSR count). The van der Waals surface area contributed by atoms with Crippen molar-refractivity contribution in [1.82, 2.24) is 5.32 Å². The van der Waals surface area contributed by atoms with Crippen LogP contribution in [0.5, 0.6) is 11.5 Å². The highest BCUT2D eigenvalue weighted by Gasteiger charge is 2.32. The van der Waals surface area contributed by atoms with E-state index >= 15 is 0 Å². The van der Waals surface area contributed by atoms with Crippen molar-refractivity contribution in [3.8, 4) is 11.5 Å². The number of carboxylic acids is 1. The molecule has 0 unspecified atom stereocenters. The van der Waals surface area contributed by atoms with Gasteiger partial charge in [0.25, 0.3) is 0 Å². The molecule has 0 spiro atoms. The number of para-hydroxylation sites is 1. The van der Waals surface area contributed by atoms with Gasteiger partial charge in [-0.1, -0.05) is 12.1 Å². The van der Waals surface area contributed by atoms with E-state index < -0.39 is 11.2 Å². The van der Waals surface area contributed by atoms with Crippen molar-refractivity contribution in [1.29, 1.82) is 0 Å². The molecule has 0 aromatic heterocycles. The molecule has 5 nitrogen and oxygen atoms in total. The zero-order valence-electron chi connectivity index (χ0n) is 9.21. The Hall–Kier alpha value is -1.40. The maximum atomic E-state index is 10.8. The lowest BCUT2D eigenvalue weighted by atomic mass is 10.2. The van der Waals surface area contributed by atoms with Crippen LogP contribution < -0.4 is 10.1 Å². The number of phenolic OH excluding ortho intramolecular Hbond substituents is 1. The van der Waals surface area contributed by atoms with E-state index in [0.717, 1.165) is 0 Å². The highest BCUT2D eigenvalue weighted by molar-refractivity contribution is 8.01. The lowest BCUT2D eigenvalue weighted by Crippen LogP contribution is -2.21. The summed E-state index contributed by atoms with van der Waals surface area (Å²) in [5, 5.41) is 21.2. The topological polar surface area (TPSA) is 78.8 Å². The molecule has 0 bridgehead atoms. The fraction of sp³-hybridized carbons (Fsp3) is 0.364. The Balaban J connectivity index is 2.22. The number of hydrogen-bond acceptors (Lipinski definition) is 5. The molecular weight excluding hydrogens is 242 g/mol. The molecule has 1 aliphatic rings. The molecular formula is C11H13NO4S. The van der Waals surface area contributed by atoms with Crippen molar-refractivity contribution >= 4 is 17.7 Å². The summed E-state index contributed by atoms with van der Waals surface area (Å²) < 4.78 is 5.02. The van der Waals surface area contributed by atoms with Crippen LogP contribution in [0.4, 0.5) is 0 Å². The van der Waals surface area contributed by atoms with E-state index in [-0.39, 0.29) is 11.1 Å². The van der Waals surface area contributed by atoms with Crippen LogP contribution in [-0.2, 0) is 4.79 Å². The van der Waals surface area contributed by atoms with E-state index in [1.165, 1.54) is 18.9 Å². The predicted octanol–water partition coefficient (Wildman–Crippen LogP) is 1.19. The molecule has 2 atom stereocenters. The number of aliphatic carboxylic acids is 1. The molecule has 0 amide bonds. The number of ether oxygens (including phenoxy) is 1. The van der Waals surface area contributed by atoms with Gasteiger partial charge >= 0.3 is 5.97 Å². The molecule has 1 aromatic rings. The van der Waals surface area contributed by atoms with Gasteiger partial charge in [0.2, 0.25) is 0 Å². The lowest BCUT2D eigenvalue weighted by molar-refractivity contribution is -0.136. The molecule has 17 heavy (non-hydrogen) atoms. The third-order valence-corrected chi connectivity index (χ3v) is 3.99. The van der Waals surface area contributed by atoms with Gasteiger partial charge in [0.05, 0.1) is 12.5 Å². The Morgan fingerprint density at radius 3 is 2.94 bits per heavy atom. The van der Waals surface area contributed by atoms with Crippen LogP contribution in [0, 0.1) is 0 Å². The maximum Gasteiger partial charge on any atom is 0.318 e. The molecule has 0 radical (unpaired) electrons. The smallest absolute Gasteiger partial charge is 0.318 e. The van der Waals surface area contributed by atoms with Crippen LogP contribution >= 0.6 is 11.8 Å². The van der Waals surface area contributed by atoms with Gasteiger partial charge in [0, 0.05) is 12.1 Å². The summed E-state index contributed by atoms with van der Waals surface area (Å²) in [6.07, 6.45) is 0. The van der Waals surface area contributed by atoms with Crippen LogP contribution in [-0.4, -0.2) is 35.1 Å². The second kappa shape index (κ2) is 4.85. The summed E-state index contributed by atoms with van der Waals surface area (Å²) in [5.41, 5.74) is 0.651. The molecule has 1 saturated heterocycles. The quantitative estimate of drug-likeness (QED) is 0.753. The number of phenols is 1. The zero-order chi connectivity index (χ0) is 12.4. The average molecular weight is 255 g/mol. The number of thioether (sulfide) groups is 1. The second-order valence-electron chi connectivity index (χ2n) is 3.65. The van der Waals surface area contributed by atoms with Crippen molar-refractivity contribution in [2.24, 2.45) is 0 Å². The van der Waals surface area contributed by atoms with Crippen molar-refractivity contribution in [3.63, 3.8) is 0 Å². The first kappa shape index (κ1) is 12.1. The summed E-state index contributed by atoms with van der Waals surface area (Å²) in [7, 11) is 1.48. The normalized spacial score (nSPS) is 23.6. The molecule has 1 aromatic carbocycles. The average Bonchev–Trinajstić information content (AvgIpc) is 2.78. The first-order valence-electron chi connectivity index (χ1n) is 5.11. The summed E-state index contributed by atoms with van der Waals surface area (Å²) in [4.78, 5) is 10.8. The minimum absolute atomic E-state index is 0.0611. The van der Waals surface area contributed by atoms with E-state index in [2.05, 4.69) is 5.32 Å². The fourth-order valence-electron chi connectivity index (χ4n) is 1.72. The third kappa shape index (κ3) is 2.32. The van der Waals surface area contributed by atoms with Crippen LogP contribution in [0.15, 0.2) is 18.2 Å². The molecule has 3 N–H and O–H groups in total. The molecule has 6 heteroatoms. The Morgan fingerprint density at radius 2 is 2.35 bits per heavy atom. The number of rotatable bonds is 3. The number of methoxy groups -OCH3 is 1. The maximum absolute atomic E-state index is 10.8. The first-order chi connectivity index (χ1) is 8.13. The van der Waals surface area contributed by atoms with Crippen LogP contribution in [0.25, 0.3) is 0 Å². The number of hydrogen-bond donors (Lipinski definition) is 3. The third-order valence-electron chi connectivity index (χ3n) is 2.60. The lowest BCUT2D eigenvalue weighted by Gasteiger charge is -2.14. The van der Waals surface area contributed by atoms with Gasteiger partial charge in [-0.3, -0.25) is 10.1 Å². The van der Waals surface area contributed by atoms with Crippen LogP contribution in [0.1, 0.15) is 10.9 Å². The second-order valence-corrected chi connectivity index (χ2v) is 4.96. The van der Waals surface area contributed by atoms with E-state index in [4.69, 9.17) is 9.84 Å². The Kier molecular flexibility index (Phi) is 3.44. The van der Waals surface area contributed by atoms with E-state index in [1.807, 2.05) is 0 Å². The zero-order valence-corrected chi connectivity index (χ0v) is 10.0. The van der Waals surface area contributed by atoms with Gasteiger partial charge in [0.15, 0.2) is 11.5 Å². The number of benzene rings is 1. The standard InChI is InChI=1S/C11H13NO4S/c1-16-7-4-2-3-6(9(7)13)10-12-5-8(17-10)11(14)15/h2-4,8,10,12-13H,5H2,1H3,(H,14,15)/t8-,10+/m0/s1. The number of carbonyl (C=O) groups is 1. The van der Waals surface area contributed by atoms with Gasteiger partial charge in [-0.25, -0.2) is 0 Å². The minimum atomic E-state index is -0.840. The number of carboxylic acid groups (broad SMARTS) is 1. The van der Waals surface area contributed by atoms with Crippen LogP contribution in [0.3, 0.4) is 0 Å². The Bertz CT molecular complexity index is 437. The molecule has 92 valence electrons. The first-order valence-corrected chi connectivity index (χ1v) is 6.05.